The van der Waals surface area contributed by atoms with Crippen LogP contribution >= 0.6 is 12.6 Å². The number of hydrogen-bond acceptors (Lipinski definition) is 6. The van der Waals surface area contributed by atoms with E-state index in [2.05, 4.69) is 27.6 Å². The fraction of sp³-hybridized carbons (Fsp3) is 0.417. The maximum atomic E-state index is 11.7. The smallest absolute Gasteiger partial charge is 0.296 e. The Morgan fingerprint density at radius 3 is 2.95 bits per heavy atom. The second-order valence-electron chi connectivity index (χ2n) is 4.00. The van der Waals surface area contributed by atoms with Gasteiger partial charge in [-0.05, 0) is 31.4 Å². The Morgan fingerprint density at radius 1 is 1.57 bits per heavy atom. The van der Waals surface area contributed by atoms with Gasteiger partial charge < -0.3 is 0 Å². The third kappa shape index (κ3) is 7.21. The van der Waals surface area contributed by atoms with Crippen LogP contribution in [0.3, 0.4) is 0 Å². The molecule has 7 nitrogen and oxygen atoms in total. The van der Waals surface area contributed by atoms with Gasteiger partial charge in [0.15, 0.2) is 0 Å². The van der Waals surface area contributed by atoms with Crippen molar-refractivity contribution in [3.8, 4) is 0 Å². The zero-order valence-electron chi connectivity index (χ0n) is 11.8. The molecular formula is C12H17N3O4S2. The fourth-order valence-corrected chi connectivity index (χ4v) is 1.87. The van der Waals surface area contributed by atoms with Gasteiger partial charge in [-0.15, -0.1) is 12.6 Å². The molecule has 0 saturated carbocycles. The molecule has 0 fully saturated rings. The number of amides is 1. The van der Waals surface area contributed by atoms with E-state index in [1.165, 1.54) is 7.05 Å². The zero-order valence-corrected chi connectivity index (χ0v) is 13.5. The molecule has 0 aliphatic heterocycles. The minimum Gasteiger partial charge on any atom is -0.296 e. The Kier molecular flexibility index (Phi) is 7.95. The number of thiol groups is 1. The van der Waals surface area contributed by atoms with Gasteiger partial charge in [0.1, 0.15) is 5.04 Å². The summed E-state index contributed by atoms with van der Waals surface area (Å²) >= 11 is 1.92. The first kappa shape index (κ1) is 17.6. The van der Waals surface area contributed by atoms with Crippen LogP contribution in [0.5, 0.6) is 0 Å². The van der Waals surface area contributed by atoms with Crippen LogP contribution in [0.15, 0.2) is 29.7 Å². The number of aryl methyl sites for hydroxylation is 1. The molecule has 1 rings (SSSR count). The number of carbonyl (C=O) groups is 1. The van der Waals surface area contributed by atoms with Crippen LogP contribution < -0.4 is 0 Å². The minimum absolute atomic E-state index is 0.244. The number of oxime groups is 1. The summed E-state index contributed by atoms with van der Waals surface area (Å²) in [5.74, 6) is 0. The van der Waals surface area contributed by atoms with Gasteiger partial charge in [-0.25, -0.2) is 13.3 Å². The summed E-state index contributed by atoms with van der Waals surface area (Å²) in [4.78, 5) is 19.9. The van der Waals surface area contributed by atoms with Crippen LogP contribution in [-0.2, 0) is 26.7 Å². The van der Waals surface area contributed by atoms with Crippen molar-refractivity contribution >= 4 is 35.0 Å². The summed E-state index contributed by atoms with van der Waals surface area (Å²) in [5, 5.41) is 3.63. The van der Waals surface area contributed by atoms with E-state index in [-0.39, 0.29) is 11.7 Å². The van der Waals surface area contributed by atoms with Crippen molar-refractivity contribution in [2.75, 3.05) is 13.7 Å². The van der Waals surface area contributed by atoms with E-state index in [9.17, 15) is 9.00 Å². The molecule has 0 bridgehead atoms. The van der Waals surface area contributed by atoms with Gasteiger partial charge in [0.2, 0.25) is 0 Å². The molecule has 116 valence electrons. The molecule has 1 heterocycles. The first-order chi connectivity index (χ1) is 10.0. The number of rotatable bonds is 7. The normalized spacial score (nSPS) is 12.8. The average Bonchev–Trinajstić information content (AvgIpc) is 2.49. The standard InChI is InChI=1S/C12H17N3O4S2/c1-10(20)14-19-12(16)15(2)21(17)18-8-4-6-11-5-3-7-13-9-11/h3,5,7,9H,4,6,8H2,1-2H3,(H,14,20). The molecule has 0 N–H and O–H groups in total. The van der Waals surface area contributed by atoms with Gasteiger partial charge in [-0.1, -0.05) is 11.2 Å². The highest BCUT2D eigenvalue weighted by molar-refractivity contribution is 7.96. The first-order valence-electron chi connectivity index (χ1n) is 6.13. The zero-order chi connectivity index (χ0) is 15.7. The Balaban J connectivity index is 2.26. The molecule has 21 heavy (non-hydrogen) atoms. The van der Waals surface area contributed by atoms with E-state index in [0.29, 0.717) is 6.42 Å². The third-order valence-electron chi connectivity index (χ3n) is 2.25. The number of carbonyl (C=O) groups excluding carboxylic acids is 1. The molecular weight excluding hydrogens is 314 g/mol. The highest BCUT2D eigenvalue weighted by Gasteiger charge is 2.18. The van der Waals surface area contributed by atoms with Crippen LogP contribution in [0.25, 0.3) is 0 Å². The lowest BCUT2D eigenvalue weighted by Crippen LogP contribution is -2.30. The second kappa shape index (κ2) is 9.48. The molecule has 0 saturated heterocycles. The quantitative estimate of drug-likeness (QED) is 0.206. The fourth-order valence-electron chi connectivity index (χ4n) is 1.26. The van der Waals surface area contributed by atoms with E-state index < -0.39 is 17.4 Å². The molecule has 0 spiro atoms. The van der Waals surface area contributed by atoms with Crippen molar-refractivity contribution in [1.82, 2.24) is 9.29 Å². The van der Waals surface area contributed by atoms with Crippen molar-refractivity contribution in [3.63, 3.8) is 0 Å². The third-order valence-corrected chi connectivity index (χ3v) is 3.30. The predicted octanol–water partition coefficient (Wildman–Crippen LogP) is 1.94. The molecule has 1 aromatic heterocycles. The Morgan fingerprint density at radius 2 is 2.33 bits per heavy atom. The van der Waals surface area contributed by atoms with Crippen LogP contribution in [-0.4, -0.2) is 38.3 Å². The van der Waals surface area contributed by atoms with Crippen molar-refractivity contribution in [3.05, 3.63) is 30.1 Å². The summed E-state index contributed by atoms with van der Waals surface area (Å²) in [6, 6.07) is 3.80. The minimum atomic E-state index is -1.92. The van der Waals surface area contributed by atoms with E-state index >= 15 is 0 Å². The van der Waals surface area contributed by atoms with Crippen molar-refractivity contribution in [2.24, 2.45) is 5.16 Å². The summed E-state index contributed by atoms with van der Waals surface area (Å²) in [5.41, 5.74) is 1.07. The number of nitrogens with zero attached hydrogens (tertiary/aromatic N) is 3. The summed E-state index contributed by atoms with van der Waals surface area (Å²) in [6.45, 7) is 1.79. The number of pyridine rings is 1. The Labute approximate surface area is 131 Å². The van der Waals surface area contributed by atoms with Crippen LogP contribution in [0.4, 0.5) is 4.79 Å². The van der Waals surface area contributed by atoms with Gasteiger partial charge in [0.05, 0.1) is 6.61 Å². The highest BCUT2D eigenvalue weighted by Crippen LogP contribution is 2.03. The molecule has 0 aromatic carbocycles. The summed E-state index contributed by atoms with van der Waals surface area (Å²) < 4.78 is 17.5. The van der Waals surface area contributed by atoms with Gasteiger partial charge in [-0.3, -0.25) is 14.0 Å². The maximum absolute atomic E-state index is 11.7. The van der Waals surface area contributed by atoms with Gasteiger partial charge in [-0.2, -0.15) is 0 Å². The topological polar surface area (TPSA) is 81.1 Å². The van der Waals surface area contributed by atoms with E-state index in [1.54, 1.807) is 19.3 Å². The van der Waals surface area contributed by atoms with Gasteiger partial charge in [0.25, 0.3) is 11.3 Å². The van der Waals surface area contributed by atoms with Gasteiger partial charge >= 0.3 is 6.09 Å². The van der Waals surface area contributed by atoms with E-state index in [4.69, 9.17) is 4.18 Å². The molecule has 9 heteroatoms. The maximum Gasteiger partial charge on any atom is 0.449 e. The van der Waals surface area contributed by atoms with Crippen LogP contribution in [0.2, 0.25) is 0 Å². The average molecular weight is 331 g/mol. The molecule has 1 amide bonds. The number of aromatic nitrogens is 1. The van der Waals surface area contributed by atoms with Crippen molar-refractivity contribution < 1.29 is 18.0 Å². The van der Waals surface area contributed by atoms with Gasteiger partial charge in [0, 0.05) is 19.4 Å². The molecule has 0 radical (unpaired) electrons. The molecule has 1 aromatic rings. The monoisotopic (exact) mass is 331 g/mol. The summed E-state index contributed by atoms with van der Waals surface area (Å²) in [6.07, 6.45) is 3.99. The Hall–Kier alpha value is -1.45. The lowest BCUT2D eigenvalue weighted by molar-refractivity contribution is 0.133. The lowest BCUT2D eigenvalue weighted by Gasteiger charge is -2.12. The highest BCUT2D eigenvalue weighted by atomic mass is 32.2. The van der Waals surface area contributed by atoms with E-state index in [1.807, 2.05) is 12.1 Å². The predicted molar refractivity (Wildman–Crippen MR) is 83.0 cm³/mol. The molecule has 1 unspecified atom stereocenters. The SMILES string of the molecule is CC(S)=NOC(=O)N(C)S(=O)OCCCc1cccnc1. The second-order valence-corrected chi connectivity index (χ2v) is 5.86. The largest absolute Gasteiger partial charge is 0.449 e. The van der Waals surface area contributed by atoms with E-state index in [0.717, 1.165) is 16.3 Å². The summed E-state index contributed by atoms with van der Waals surface area (Å²) in [7, 11) is 1.29. The molecule has 0 aliphatic rings. The molecule has 1 atom stereocenters. The lowest BCUT2D eigenvalue weighted by atomic mass is 10.2. The molecule has 0 aliphatic carbocycles. The van der Waals surface area contributed by atoms with Crippen molar-refractivity contribution in [2.45, 2.75) is 19.8 Å². The number of hydrogen-bond donors (Lipinski definition) is 1. The Bertz CT molecular complexity index is 506. The van der Waals surface area contributed by atoms with Crippen LogP contribution in [0.1, 0.15) is 18.9 Å². The first-order valence-corrected chi connectivity index (χ1v) is 7.61. The van der Waals surface area contributed by atoms with Crippen LogP contribution in [0, 0.1) is 0 Å². The van der Waals surface area contributed by atoms with Crippen molar-refractivity contribution in [1.29, 1.82) is 0 Å².